The van der Waals surface area contributed by atoms with Crippen molar-refractivity contribution < 1.29 is 22.7 Å². The first-order chi connectivity index (χ1) is 10.5. The molecule has 116 valence electrons. The molecule has 1 aromatic carbocycles. The minimum Gasteiger partial charge on any atom is -0.461 e. The summed E-state index contributed by atoms with van der Waals surface area (Å²) in [5.41, 5.74) is -1.29. The second-order valence-corrected chi connectivity index (χ2v) is 5.10. The lowest BCUT2D eigenvalue weighted by Gasteiger charge is -2.16. The SMILES string of the molecule is CCOC(=O)c1cc(=O)c2cc(F)c(F)c(F)c2n1C1CC1. The molecule has 0 unspecified atom stereocenters. The molecular weight excluding hydrogens is 299 g/mol. The van der Waals surface area contributed by atoms with Crippen molar-refractivity contribution in [1.82, 2.24) is 4.57 Å². The van der Waals surface area contributed by atoms with Gasteiger partial charge < -0.3 is 9.30 Å². The summed E-state index contributed by atoms with van der Waals surface area (Å²) in [6.45, 7) is 1.67. The maximum absolute atomic E-state index is 14.2. The highest BCUT2D eigenvalue weighted by Crippen LogP contribution is 2.39. The van der Waals surface area contributed by atoms with Gasteiger partial charge in [0.1, 0.15) is 5.69 Å². The monoisotopic (exact) mass is 311 g/mol. The Labute approximate surface area is 123 Å². The number of fused-ring (bicyclic) bond motifs is 1. The molecule has 3 rings (SSSR count). The Hall–Kier alpha value is -2.31. The van der Waals surface area contributed by atoms with Gasteiger partial charge in [-0.2, -0.15) is 0 Å². The number of pyridine rings is 1. The summed E-state index contributed by atoms with van der Waals surface area (Å²) in [6.07, 6.45) is 1.31. The number of nitrogens with zero attached hydrogens (tertiary/aromatic N) is 1. The van der Waals surface area contributed by atoms with Crippen molar-refractivity contribution in [3.63, 3.8) is 0 Å². The van der Waals surface area contributed by atoms with Crippen LogP contribution in [-0.2, 0) is 4.74 Å². The number of aromatic nitrogens is 1. The largest absolute Gasteiger partial charge is 0.461 e. The maximum Gasteiger partial charge on any atom is 0.355 e. The molecular formula is C15H12F3NO3. The van der Waals surface area contributed by atoms with Gasteiger partial charge in [0.25, 0.3) is 0 Å². The highest BCUT2D eigenvalue weighted by molar-refractivity contribution is 5.92. The summed E-state index contributed by atoms with van der Waals surface area (Å²) in [6, 6.07) is 1.40. The molecule has 22 heavy (non-hydrogen) atoms. The smallest absolute Gasteiger partial charge is 0.355 e. The molecule has 4 nitrogen and oxygen atoms in total. The van der Waals surface area contributed by atoms with Gasteiger partial charge in [-0.1, -0.05) is 0 Å². The zero-order valence-corrected chi connectivity index (χ0v) is 11.7. The first kappa shape index (κ1) is 14.6. The van der Waals surface area contributed by atoms with Crippen LogP contribution < -0.4 is 5.43 Å². The van der Waals surface area contributed by atoms with Crippen molar-refractivity contribution in [1.29, 1.82) is 0 Å². The predicted octanol–water partition coefficient (Wildman–Crippen LogP) is 2.93. The van der Waals surface area contributed by atoms with E-state index in [9.17, 15) is 22.8 Å². The molecule has 0 bridgehead atoms. The first-order valence-electron chi connectivity index (χ1n) is 6.85. The zero-order valence-electron chi connectivity index (χ0n) is 11.7. The molecule has 1 heterocycles. The van der Waals surface area contributed by atoms with Crippen LogP contribution in [0.1, 0.15) is 36.3 Å². The van der Waals surface area contributed by atoms with Crippen molar-refractivity contribution in [2.24, 2.45) is 0 Å². The van der Waals surface area contributed by atoms with Gasteiger partial charge in [0.15, 0.2) is 22.9 Å². The van der Waals surface area contributed by atoms with Crippen LogP contribution >= 0.6 is 0 Å². The molecule has 7 heteroatoms. The number of hydrogen-bond donors (Lipinski definition) is 0. The van der Waals surface area contributed by atoms with Crippen LogP contribution in [0.4, 0.5) is 13.2 Å². The summed E-state index contributed by atoms with van der Waals surface area (Å²) >= 11 is 0. The molecule has 1 saturated carbocycles. The second-order valence-electron chi connectivity index (χ2n) is 5.10. The van der Waals surface area contributed by atoms with Crippen molar-refractivity contribution in [2.45, 2.75) is 25.8 Å². The lowest BCUT2D eigenvalue weighted by atomic mass is 10.1. The number of rotatable bonds is 3. The second kappa shape index (κ2) is 5.15. The van der Waals surface area contributed by atoms with Crippen LogP contribution in [0, 0.1) is 17.5 Å². The first-order valence-corrected chi connectivity index (χ1v) is 6.85. The maximum atomic E-state index is 14.2. The third-order valence-corrected chi connectivity index (χ3v) is 3.57. The summed E-state index contributed by atoms with van der Waals surface area (Å²) in [5.74, 6) is -5.36. The molecule has 1 fully saturated rings. The Morgan fingerprint density at radius 2 is 1.95 bits per heavy atom. The van der Waals surface area contributed by atoms with E-state index in [4.69, 9.17) is 4.74 Å². The number of ether oxygens (including phenoxy) is 1. The van der Waals surface area contributed by atoms with E-state index in [2.05, 4.69) is 0 Å². The van der Waals surface area contributed by atoms with Gasteiger partial charge in [0, 0.05) is 12.1 Å². The average molecular weight is 311 g/mol. The molecule has 0 N–H and O–H groups in total. The van der Waals surface area contributed by atoms with E-state index in [1.54, 1.807) is 6.92 Å². The van der Waals surface area contributed by atoms with Crippen LogP contribution in [0.25, 0.3) is 10.9 Å². The van der Waals surface area contributed by atoms with Crippen molar-refractivity contribution in [3.8, 4) is 0 Å². The van der Waals surface area contributed by atoms with Gasteiger partial charge in [-0.25, -0.2) is 18.0 Å². The number of halogens is 3. The van der Waals surface area contributed by atoms with Crippen molar-refractivity contribution >= 4 is 16.9 Å². The van der Waals surface area contributed by atoms with E-state index in [0.717, 1.165) is 6.07 Å². The Bertz CT molecular complexity index is 840. The van der Waals surface area contributed by atoms with Crippen molar-refractivity contribution in [3.05, 3.63) is 45.5 Å². The molecule has 1 aliphatic carbocycles. The Morgan fingerprint density at radius 1 is 1.27 bits per heavy atom. The molecule has 1 aromatic heterocycles. The third kappa shape index (κ3) is 2.17. The van der Waals surface area contributed by atoms with E-state index < -0.39 is 34.4 Å². The summed E-state index contributed by atoms with van der Waals surface area (Å²) in [4.78, 5) is 24.0. The van der Waals surface area contributed by atoms with E-state index in [0.29, 0.717) is 18.9 Å². The number of hydrogen-bond acceptors (Lipinski definition) is 3. The number of benzene rings is 1. The molecule has 0 radical (unpaired) electrons. The summed E-state index contributed by atoms with van der Waals surface area (Å²) in [7, 11) is 0. The van der Waals surface area contributed by atoms with Crippen LogP contribution in [-0.4, -0.2) is 17.1 Å². The van der Waals surface area contributed by atoms with E-state index in [-0.39, 0.29) is 23.7 Å². The topological polar surface area (TPSA) is 48.3 Å². The fourth-order valence-electron chi connectivity index (χ4n) is 2.48. The lowest BCUT2D eigenvalue weighted by molar-refractivity contribution is 0.0513. The molecule has 0 amide bonds. The van der Waals surface area contributed by atoms with Crippen LogP contribution in [0.5, 0.6) is 0 Å². The molecule has 2 aromatic rings. The fraction of sp³-hybridized carbons (Fsp3) is 0.333. The molecule has 0 atom stereocenters. The minimum absolute atomic E-state index is 0.0794. The average Bonchev–Trinajstić information content (AvgIpc) is 3.30. The number of carbonyl (C=O) groups excluding carboxylic acids is 1. The standard InChI is InChI=1S/C15H12F3NO3/c1-2-22-15(21)10-6-11(20)8-5-9(16)12(17)13(18)14(8)19(10)7-3-4-7/h5-7H,2-4H2,1H3. The quantitative estimate of drug-likeness (QED) is 0.647. The van der Waals surface area contributed by atoms with Gasteiger partial charge >= 0.3 is 5.97 Å². The summed E-state index contributed by atoms with van der Waals surface area (Å²) in [5, 5.41) is -0.295. The van der Waals surface area contributed by atoms with Crippen LogP contribution in [0.15, 0.2) is 16.9 Å². The van der Waals surface area contributed by atoms with E-state index >= 15 is 0 Å². The summed E-state index contributed by atoms with van der Waals surface area (Å²) < 4.78 is 47.2. The molecule has 0 aliphatic heterocycles. The fourth-order valence-corrected chi connectivity index (χ4v) is 2.48. The molecule has 1 aliphatic rings. The highest BCUT2D eigenvalue weighted by atomic mass is 19.2. The Morgan fingerprint density at radius 3 is 2.55 bits per heavy atom. The normalized spacial score (nSPS) is 14.4. The zero-order chi connectivity index (χ0) is 16.0. The molecule has 0 spiro atoms. The van der Waals surface area contributed by atoms with E-state index in [1.165, 1.54) is 4.57 Å². The third-order valence-electron chi connectivity index (χ3n) is 3.57. The van der Waals surface area contributed by atoms with E-state index in [1.807, 2.05) is 0 Å². The Kier molecular flexibility index (Phi) is 3.42. The predicted molar refractivity (Wildman–Crippen MR) is 72.3 cm³/mol. The minimum atomic E-state index is -1.66. The number of carbonyl (C=O) groups is 1. The van der Waals surface area contributed by atoms with Crippen molar-refractivity contribution in [2.75, 3.05) is 6.61 Å². The van der Waals surface area contributed by atoms with Crippen LogP contribution in [0.2, 0.25) is 0 Å². The highest BCUT2D eigenvalue weighted by Gasteiger charge is 2.32. The van der Waals surface area contributed by atoms with Gasteiger partial charge in [0.2, 0.25) is 0 Å². The molecule has 0 saturated heterocycles. The van der Waals surface area contributed by atoms with Gasteiger partial charge in [-0.3, -0.25) is 4.79 Å². The van der Waals surface area contributed by atoms with Crippen LogP contribution in [0.3, 0.4) is 0 Å². The number of esters is 1. The van der Waals surface area contributed by atoms with Gasteiger partial charge in [-0.05, 0) is 25.8 Å². The lowest BCUT2D eigenvalue weighted by Crippen LogP contribution is -2.21. The van der Waals surface area contributed by atoms with Gasteiger partial charge in [0.05, 0.1) is 17.5 Å². The Balaban J connectivity index is 2.42. The van der Waals surface area contributed by atoms with Gasteiger partial charge in [-0.15, -0.1) is 0 Å².